The monoisotopic (exact) mass is 398 g/mol. The van der Waals surface area contributed by atoms with Gasteiger partial charge in [0.15, 0.2) is 5.78 Å². The maximum atomic E-state index is 13.4. The van der Waals surface area contributed by atoms with Gasteiger partial charge in [-0.05, 0) is 13.3 Å². The number of carbonyl (C=O) groups is 1. The van der Waals surface area contributed by atoms with Gasteiger partial charge in [0.2, 0.25) is 17.7 Å². The van der Waals surface area contributed by atoms with E-state index in [1.807, 2.05) is 6.92 Å². The van der Waals surface area contributed by atoms with Crippen molar-refractivity contribution in [1.29, 1.82) is 10.8 Å². The van der Waals surface area contributed by atoms with E-state index in [9.17, 15) is 15.0 Å². The molecule has 0 spiro atoms. The predicted molar refractivity (Wildman–Crippen MR) is 98.7 cm³/mol. The van der Waals surface area contributed by atoms with Crippen molar-refractivity contribution in [3.63, 3.8) is 0 Å². The third-order valence-electron chi connectivity index (χ3n) is 5.05. The zero-order chi connectivity index (χ0) is 20.9. The topological polar surface area (TPSA) is 190 Å². The van der Waals surface area contributed by atoms with Crippen molar-refractivity contribution in [2.24, 2.45) is 20.5 Å². The van der Waals surface area contributed by atoms with Crippen molar-refractivity contribution in [1.82, 2.24) is 19.1 Å². The van der Waals surface area contributed by atoms with E-state index >= 15 is 0 Å². The summed E-state index contributed by atoms with van der Waals surface area (Å²) in [5, 5.41) is 51.3. The molecular formula is C16H18N10O3. The first-order valence-electron chi connectivity index (χ1n) is 8.99. The summed E-state index contributed by atoms with van der Waals surface area (Å²) >= 11 is 0. The number of Topliss-reactive ketones (excluding diaryl/α,β-unsaturated/α-hetero) is 1. The van der Waals surface area contributed by atoms with Gasteiger partial charge >= 0.3 is 0 Å². The fraction of sp³-hybridized carbons (Fsp3) is 0.438. The van der Waals surface area contributed by atoms with Crippen molar-refractivity contribution in [2.75, 3.05) is 0 Å². The van der Waals surface area contributed by atoms with E-state index in [0.29, 0.717) is 6.42 Å². The van der Waals surface area contributed by atoms with E-state index in [0.717, 1.165) is 22.0 Å². The van der Waals surface area contributed by atoms with Crippen LogP contribution in [-0.4, -0.2) is 47.0 Å². The third-order valence-corrected chi connectivity index (χ3v) is 5.05. The van der Waals surface area contributed by atoms with Crippen LogP contribution in [0, 0.1) is 10.8 Å². The van der Waals surface area contributed by atoms with Crippen molar-refractivity contribution < 1.29 is 15.0 Å². The second kappa shape index (κ2) is 6.39. The SMILES string of the molecule is CCCCCC(=O)[C@](C)(c1nc2n(c1O)C(=N)N=N2)c1nc(O)c2n1C(=N)N=N2. The molecule has 0 saturated carbocycles. The van der Waals surface area contributed by atoms with E-state index in [-0.39, 0.29) is 47.4 Å². The molecule has 2 aromatic rings. The molecule has 0 amide bonds. The summed E-state index contributed by atoms with van der Waals surface area (Å²) in [5.41, 5.74) is -1.74. The molecule has 13 nitrogen and oxygen atoms in total. The summed E-state index contributed by atoms with van der Waals surface area (Å²) in [5.74, 6) is -2.12. The van der Waals surface area contributed by atoms with Crippen LogP contribution in [0.3, 0.4) is 0 Å². The number of ketones is 1. The molecule has 29 heavy (non-hydrogen) atoms. The van der Waals surface area contributed by atoms with E-state index in [4.69, 9.17) is 10.8 Å². The van der Waals surface area contributed by atoms with E-state index < -0.39 is 17.2 Å². The number of azo groups is 2. The van der Waals surface area contributed by atoms with Crippen LogP contribution in [0.2, 0.25) is 0 Å². The molecule has 0 radical (unpaired) electrons. The molecule has 0 fully saturated rings. The number of fused-ring (bicyclic) bond motifs is 2. The zero-order valence-electron chi connectivity index (χ0n) is 15.7. The van der Waals surface area contributed by atoms with Crippen LogP contribution in [0.25, 0.3) is 0 Å². The maximum Gasteiger partial charge on any atom is 0.259 e. The number of unbranched alkanes of at least 4 members (excludes halogenated alkanes) is 2. The van der Waals surface area contributed by atoms with Crippen molar-refractivity contribution in [3.8, 4) is 11.8 Å². The normalized spacial score (nSPS) is 16.3. The maximum absolute atomic E-state index is 13.4. The molecule has 2 aliphatic heterocycles. The standard InChI is InChI=1S/C16H18N10O3/c1-3-4-5-6-7(27)16(2,8-11(29)26-14(18)23-24-15(26)19-8)12-20-10(28)9-21-22-13(17)25(9)12/h17-18,28-29H,3-6H2,1-2H3/t16-/m1/s1. The Morgan fingerprint density at radius 3 is 2.41 bits per heavy atom. The molecule has 2 aromatic heterocycles. The minimum Gasteiger partial charge on any atom is -0.493 e. The number of carbonyl (C=O) groups excluding carboxylic acids is 1. The Hall–Kier alpha value is -3.77. The van der Waals surface area contributed by atoms with Gasteiger partial charge in [-0.1, -0.05) is 19.8 Å². The Morgan fingerprint density at radius 1 is 1.03 bits per heavy atom. The molecule has 0 unspecified atom stereocenters. The number of nitrogens with one attached hydrogen (secondary N) is 2. The lowest BCUT2D eigenvalue weighted by molar-refractivity contribution is -0.123. The van der Waals surface area contributed by atoms with Gasteiger partial charge in [0.1, 0.15) is 16.9 Å². The zero-order valence-corrected chi connectivity index (χ0v) is 15.7. The largest absolute Gasteiger partial charge is 0.493 e. The molecule has 4 rings (SSSR count). The lowest BCUT2D eigenvalue weighted by atomic mass is 9.79. The summed E-state index contributed by atoms with van der Waals surface area (Å²) in [6.07, 6.45) is 2.52. The van der Waals surface area contributed by atoms with Crippen LogP contribution in [0.5, 0.6) is 11.8 Å². The van der Waals surface area contributed by atoms with Crippen LogP contribution >= 0.6 is 0 Å². The Labute approximate surface area is 163 Å². The summed E-state index contributed by atoms with van der Waals surface area (Å²) in [6, 6.07) is 0. The summed E-state index contributed by atoms with van der Waals surface area (Å²) in [6.45, 7) is 3.51. The first-order valence-corrected chi connectivity index (χ1v) is 8.99. The van der Waals surface area contributed by atoms with Gasteiger partial charge in [-0.15, -0.1) is 20.5 Å². The minimum absolute atomic E-state index is 0.0444. The number of imidazole rings is 2. The number of hydrogen-bond acceptors (Lipinski definition) is 9. The quantitative estimate of drug-likeness (QED) is 0.520. The molecule has 150 valence electrons. The van der Waals surface area contributed by atoms with E-state index in [2.05, 4.69) is 30.4 Å². The van der Waals surface area contributed by atoms with Gasteiger partial charge in [0, 0.05) is 6.42 Å². The summed E-state index contributed by atoms with van der Waals surface area (Å²) < 4.78 is 2.14. The molecule has 0 aliphatic carbocycles. The molecule has 2 aliphatic rings. The van der Waals surface area contributed by atoms with Gasteiger partial charge in [0.05, 0.1) is 0 Å². The van der Waals surface area contributed by atoms with Gasteiger partial charge in [-0.3, -0.25) is 15.6 Å². The van der Waals surface area contributed by atoms with Crippen molar-refractivity contribution in [3.05, 3.63) is 11.5 Å². The highest BCUT2D eigenvalue weighted by Crippen LogP contribution is 2.45. The first-order chi connectivity index (χ1) is 13.8. The second-order valence-corrected chi connectivity index (χ2v) is 6.89. The highest BCUT2D eigenvalue weighted by Gasteiger charge is 2.49. The first kappa shape index (κ1) is 18.6. The minimum atomic E-state index is -1.65. The van der Waals surface area contributed by atoms with Gasteiger partial charge < -0.3 is 10.2 Å². The van der Waals surface area contributed by atoms with Crippen molar-refractivity contribution >= 4 is 29.5 Å². The fourth-order valence-corrected chi connectivity index (χ4v) is 3.45. The molecule has 0 aromatic carbocycles. The molecule has 1 atom stereocenters. The summed E-state index contributed by atoms with van der Waals surface area (Å²) in [7, 11) is 0. The highest BCUT2D eigenvalue weighted by atomic mass is 16.3. The molecule has 4 heterocycles. The number of nitrogens with zero attached hydrogens (tertiary/aromatic N) is 8. The highest BCUT2D eigenvalue weighted by molar-refractivity contribution is 5.96. The van der Waals surface area contributed by atoms with Crippen LogP contribution in [-0.2, 0) is 10.2 Å². The Bertz CT molecular complexity index is 1120. The molecule has 0 saturated heterocycles. The van der Waals surface area contributed by atoms with Crippen LogP contribution in [0.1, 0.15) is 51.0 Å². The van der Waals surface area contributed by atoms with Crippen LogP contribution in [0.4, 0.5) is 11.8 Å². The van der Waals surface area contributed by atoms with Crippen LogP contribution < -0.4 is 0 Å². The lowest BCUT2D eigenvalue weighted by Crippen LogP contribution is -2.38. The number of aromatic nitrogens is 4. The van der Waals surface area contributed by atoms with E-state index in [1.165, 1.54) is 6.92 Å². The number of rotatable bonds is 7. The molecule has 0 bridgehead atoms. The molecule has 4 N–H and O–H groups in total. The number of aromatic hydroxyl groups is 2. The van der Waals surface area contributed by atoms with E-state index in [1.54, 1.807) is 0 Å². The fourth-order valence-electron chi connectivity index (χ4n) is 3.45. The smallest absolute Gasteiger partial charge is 0.259 e. The molecular weight excluding hydrogens is 380 g/mol. The van der Waals surface area contributed by atoms with Gasteiger partial charge in [0.25, 0.3) is 17.8 Å². The third kappa shape index (κ3) is 2.50. The number of hydrogen-bond donors (Lipinski definition) is 4. The molecule has 13 heteroatoms. The summed E-state index contributed by atoms with van der Waals surface area (Å²) in [4.78, 5) is 21.7. The predicted octanol–water partition coefficient (Wildman–Crippen LogP) is 2.71. The average molecular weight is 398 g/mol. The van der Waals surface area contributed by atoms with Crippen molar-refractivity contribution in [2.45, 2.75) is 44.9 Å². The Kier molecular flexibility index (Phi) is 4.10. The second-order valence-electron chi connectivity index (χ2n) is 6.89. The van der Waals surface area contributed by atoms with Crippen LogP contribution in [0.15, 0.2) is 20.5 Å². The lowest BCUT2D eigenvalue weighted by Gasteiger charge is -2.26. The Morgan fingerprint density at radius 2 is 1.72 bits per heavy atom. The van der Waals surface area contributed by atoms with Gasteiger partial charge in [-0.2, -0.15) is 4.98 Å². The Balaban J connectivity index is 1.92. The van der Waals surface area contributed by atoms with Gasteiger partial charge in [-0.25, -0.2) is 14.1 Å². The average Bonchev–Trinajstić information content (AvgIpc) is 3.41.